The highest BCUT2D eigenvalue weighted by molar-refractivity contribution is 5.71. The lowest BCUT2D eigenvalue weighted by Gasteiger charge is -2.18. The maximum Gasteiger partial charge on any atom is 0.306 e. The number of hydrogen-bond acceptors (Lipinski definition) is 6. The number of carbonyl (C=O) groups is 3. The highest BCUT2D eigenvalue weighted by atomic mass is 16.6. The van der Waals surface area contributed by atoms with Crippen LogP contribution in [-0.2, 0) is 28.6 Å². The first-order valence-corrected chi connectivity index (χ1v) is 22.3. The molecule has 0 N–H and O–H groups in total. The number of carbonyl (C=O) groups excluding carboxylic acids is 3. The van der Waals surface area contributed by atoms with E-state index in [1.54, 1.807) is 0 Å². The highest BCUT2D eigenvalue weighted by Crippen LogP contribution is 2.17. The van der Waals surface area contributed by atoms with Gasteiger partial charge in [-0.3, -0.25) is 14.4 Å². The minimum absolute atomic E-state index is 0.0658. The Balaban J connectivity index is 4.34. The zero-order valence-electron chi connectivity index (χ0n) is 34.7. The summed E-state index contributed by atoms with van der Waals surface area (Å²) < 4.78 is 16.7. The van der Waals surface area contributed by atoms with Crippen LogP contribution in [-0.4, -0.2) is 37.2 Å². The van der Waals surface area contributed by atoms with Crippen LogP contribution in [0.3, 0.4) is 0 Å². The topological polar surface area (TPSA) is 78.9 Å². The molecule has 0 amide bonds. The van der Waals surface area contributed by atoms with Gasteiger partial charge in [0.05, 0.1) is 0 Å². The predicted octanol–water partition coefficient (Wildman–Crippen LogP) is 13.8. The van der Waals surface area contributed by atoms with Gasteiger partial charge in [0.25, 0.3) is 0 Å². The molecule has 51 heavy (non-hydrogen) atoms. The largest absolute Gasteiger partial charge is 0.462 e. The van der Waals surface area contributed by atoms with Gasteiger partial charge in [0, 0.05) is 19.3 Å². The number of esters is 3. The molecule has 1 unspecified atom stereocenters. The van der Waals surface area contributed by atoms with Crippen molar-refractivity contribution >= 4 is 17.9 Å². The minimum atomic E-state index is -0.760. The smallest absolute Gasteiger partial charge is 0.306 e. The lowest BCUT2D eigenvalue weighted by Crippen LogP contribution is -2.30. The highest BCUT2D eigenvalue weighted by Gasteiger charge is 2.19. The van der Waals surface area contributed by atoms with Gasteiger partial charge in [0.2, 0.25) is 0 Å². The van der Waals surface area contributed by atoms with Gasteiger partial charge in [0.15, 0.2) is 6.10 Å². The molecule has 0 bridgehead atoms. The van der Waals surface area contributed by atoms with E-state index in [4.69, 9.17) is 14.2 Å². The molecule has 0 spiro atoms. The first kappa shape index (κ1) is 49.4. The maximum absolute atomic E-state index is 12.7. The van der Waals surface area contributed by atoms with Crippen LogP contribution in [0, 0.1) is 11.8 Å². The van der Waals surface area contributed by atoms with Crippen molar-refractivity contribution in [2.45, 2.75) is 246 Å². The van der Waals surface area contributed by atoms with Gasteiger partial charge in [-0.05, 0) is 31.1 Å². The van der Waals surface area contributed by atoms with Crippen molar-refractivity contribution in [2.75, 3.05) is 13.2 Å². The molecule has 0 aliphatic heterocycles. The summed E-state index contributed by atoms with van der Waals surface area (Å²) in [6.45, 7) is 11.3. The Morgan fingerprint density at radius 2 is 0.745 bits per heavy atom. The Labute approximate surface area is 317 Å². The van der Waals surface area contributed by atoms with E-state index in [0.29, 0.717) is 19.3 Å². The second-order valence-corrected chi connectivity index (χ2v) is 16.1. The fourth-order valence-electron chi connectivity index (χ4n) is 6.54. The molecular weight excluding hydrogens is 636 g/mol. The zero-order chi connectivity index (χ0) is 37.6. The molecule has 302 valence electrons. The van der Waals surface area contributed by atoms with Crippen molar-refractivity contribution in [3.63, 3.8) is 0 Å². The van der Waals surface area contributed by atoms with E-state index in [-0.39, 0.29) is 31.1 Å². The first-order chi connectivity index (χ1) is 24.8. The molecule has 6 heteroatoms. The van der Waals surface area contributed by atoms with Gasteiger partial charge in [0.1, 0.15) is 13.2 Å². The molecule has 0 radical (unpaired) electrons. The lowest BCUT2D eigenvalue weighted by atomic mass is 10.00. The molecular formula is C45H86O6. The first-order valence-electron chi connectivity index (χ1n) is 22.3. The van der Waals surface area contributed by atoms with Crippen molar-refractivity contribution in [1.29, 1.82) is 0 Å². The fraction of sp³-hybridized carbons (Fsp3) is 0.933. The third-order valence-electron chi connectivity index (χ3n) is 10.3. The van der Waals surface area contributed by atoms with E-state index < -0.39 is 6.10 Å². The van der Waals surface area contributed by atoms with E-state index in [1.807, 2.05) is 0 Å². The third kappa shape index (κ3) is 38.0. The molecule has 0 fully saturated rings. The molecule has 0 saturated heterocycles. The van der Waals surface area contributed by atoms with Crippen LogP contribution in [0.25, 0.3) is 0 Å². The Kier molecular flexibility index (Phi) is 37.0. The fourth-order valence-corrected chi connectivity index (χ4v) is 6.54. The standard InChI is InChI=1S/C45H86O6/c1-6-8-9-10-11-12-16-20-27-32-37-45(48)51-42(39-50-44(47)36-31-26-22-21-24-29-34-41(5)7-2)38-49-43(46)35-30-25-19-17-14-13-15-18-23-28-33-40(3)4/h40-42H,6-39H2,1-5H3/t41?,42-/m1/s1. The van der Waals surface area contributed by atoms with E-state index in [1.165, 1.54) is 128 Å². The molecule has 0 aliphatic rings. The van der Waals surface area contributed by atoms with Crippen molar-refractivity contribution in [3.8, 4) is 0 Å². The van der Waals surface area contributed by atoms with E-state index >= 15 is 0 Å². The average Bonchev–Trinajstić information content (AvgIpc) is 3.11. The number of rotatable bonds is 39. The Morgan fingerprint density at radius 3 is 1.12 bits per heavy atom. The molecule has 0 saturated carbocycles. The quantitative estimate of drug-likeness (QED) is 0.0357. The van der Waals surface area contributed by atoms with Gasteiger partial charge < -0.3 is 14.2 Å². The third-order valence-corrected chi connectivity index (χ3v) is 10.3. The number of ether oxygens (including phenoxy) is 3. The number of hydrogen-bond donors (Lipinski definition) is 0. The van der Waals surface area contributed by atoms with Crippen LogP contribution in [0.4, 0.5) is 0 Å². The Bertz CT molecular complexity index is 781. The second-order valence-electron chi connectivity index (χ2n) is 16.1. The van der Waals surface area contributed by atoms with Crippen LogP contribution in [0.15, 0.2) is 0 Å². The summed E-state index contributed by atoms with van der Waals surface area (Å²) >= 11 is 0. The molecule has 0 aromatic rings. The molecule has 0 aliphatic carbocycles. The lowest BCUT2D eigenvalue weighted by molar-refractivity contribution is -0.167. The number of unbranched alkanes of at least 4 members (excludes halogenated alkanes) is 23. The van der Waals surface area contributed by atoms with Crippen LogP contribution in [0.1, 0.15) is 240 Å². The van der Waals surface area contributed by atoms with Crippen molar-refractivity contribution in [1.82, 2.24) is 0 Å². The maximum atomic E-state index is 12.7. The summed E-state index contributed by atoms with van der Waals surface area (Å²) in [5, 5.41) is 0. The molecule has 6 nitrogen and oxygen atoms in total. The SMILES string of the molecule is CCCCCCCCCCCCC(=O)O[C@H](COC(=O)CCCCCCCCCCCCC(C)C)COC(=O)CCCCCCCCC(C)CC. The average molecular weight is 723 g/mol. The van der Waals surface area contributed by atoms with Gasteiger partial charge in [-0.2, -0.15) is 0 Å². The second kappa shape index (κ2) is 38.1. The van der Waals surface area contributed by atoms with Crippen molar-refractivity contribution < 1.29 is 28.6 Å². The summed E-state index contributed by atoms with van der Waals surface area (Å²) in [7, 11) is 0. The molecule has 0 heterocycles. The molecule has 0 rings (SSSR count). The summed E-state index contributed by atoms with van der Waals surface area (Å²) in [5.74, 6) is 0.770. The zero-order valence-corrected chi connectivity index (χ0v) is 34.7. The Hall–Kier alpha value is -1.59. The van der Waals surface area contributed by atoms with Gasteiger partial charge in [-0.15, -0.1) is 0 Å². The predicted molar refractivity (Wildman–Crippen MR) is 215 cm³/mol. The normalized spacial score (nSPS) is 12.6. The Morgan fingerprint density at radius 1 is 0.412 bits per heavy atom. The summed E-state index contributed by atoms with van der Waals surface area (Å²) in [4.78, 5) is 37.6. The molecule has 0 aromatic carbocycles. The molecule has 0 aromatic heterocycles. The van der Waals surface area contributed by atoms with Crippen LogP contribution >= 0.6 is 0 Å². The van der Waals surface area contributed by atoms with Crippen molar-refractivity contribution in [2.24, 2.45) is 11.8 Å². The monoisotopic (exact) mass is 723 g/mol. The van der Waals surface area contributed by atoms with Crippen LogP contribution in [0.2, 0.25) is 0 Å². The summed E-state index contributed by atoms with van der Waals surface area (Å²) in [6, 6.07) is 0. The van der Waals surface area contributed by atoms with Crippen LogP contribution in [0.5, 0.6) is 0 Å². The van der Waals surface area contributed by atoms with Crippen molar-refractivity contribution in [3.05, 3.63) is 0 Å². The van der Waals surface area contributed by atoms with E-state index in [9.17, 15) is 14.4 Å². The van der Waals surface area contributed by atoms with Crippen LogP contribution < -0.4 is 0 Å². The van der Waals surface area contributed by atoms with Gasteiger partial charge >= 0.3 is 17.9 Å². The van der Waals surface area contributed by atoms with Gasteiger partial charge in [-0.1, -0.05) is 202 Å². The minimum Gasteiger partial charge on any atom is -0.462 e. The molecule has 2 atom stereocenters. The van der Waals surface area contributed by atoms with Gasteiger partial charge in [-0.25, -0.2) is 0 Å². The van der Waals surface area contributed by atoms with E-state index in [0.717, 1.165) is 69.6 Å². The summed E-state index contributed by atoms with van der Waals surface area (Å²) in [5.41, 5.74) is 0. The summed E-state index contributed by atoms with van der Waals surface area (Å²) in [6.07, 6.45) is 35.2. The van der Waals surface area contributed by atoms with E-state index in [2.05, 4.69) is 34.6 Å².